The van der Waals surface area contributed by atoms with Gasteiger partial charge in [-0.1, -0.05) is 17.3 Å². The number of nitrogens with one attached hydrogen (secondary N) is 2. The first-order valence-corrected chi connectivity index (χ1v) is 7.46. The van der Waals surface area contributed by atoms with Gasteiger partial charge in [-0.25, -0.2) is 8.42 Å². The zero-order chi connectivity index (χ0) is 15.6. The molecule has 21 heavy (non-hydrogen) atoms. The second-order valence-corrected chi connectivity index (χ2v) is 6.05. The Labute approximate surface area is 121 Å². The van der Waals surface area contributed by atoms with Crippen molar-refractivity contribution >= 4 is 21.5 Å². The van der Waals surface area contributed by atoms with Gasteiger partial charge < -0.3 is 10.9 Å². The molecule has 0 amide bonds. The minimum atomic E-state index is -3.77. The Balaban J connectivity index is 2.38. The van der Waals surface area contributed by atoms with Crippen LogP contribution < -0.4 is 10.5 Å². The van der Waals surface area contributed by atoms with Gasteiger partial charge in [0.2, 0.25) is 0 Å². The molecule has 0 aliphatic carbocycles. The van der Waals surface area contributed by atoms with Crippen molar-refractivity contribution in [3.05, 3.63) is 41.2 Å². The molecule has 0 aliphatic rings. The smallest absolute Gasteiger partial charge is 0.265 e. The second-order valence-electron chi connectivity index (χ2n) is 4.43. The molecule has 0 fully saturated rings. The summed E-state index contributed by atoms with van der Waals surface area (Å²) in [5, 5.41) is 18.0. The minimum absolute atomic E-state index is 0.105. The molecule has 5 N–H and O–H groups in total. The number of aromatic nitrogens is 2. The Kier molecular flexibility index (Phi) is 3.85. The van der Waals surface area contributed by atoms with Crippen LogP contribution in [-0.4, -0.2) is 29.7 Å². The summed E-state index contributed by atoms with van der Waals surface area (Å²) in [6.07, 6.45) is 0. The summed E-state index contributed by atoms with van der Waals surface area (Å²) in [7, 11) is -3.77. The Morgan fingerprint density at radius 3 is 2.71 bits per heavy atom. The number of benzene rings is 1. The lowest BCUT2D eigenvalue weighted by Crippen LogP contribution is -2.16. The first-order chi connectivity index (χ1) is 9.85. The third-order valence-electron chi connectivity index (χ3n) is 2.85. The maximum atomic E-state index is 12.4. The first kappa shape index (κ1) is 14.9. The van der Waals surface area contributed by atoms with Crippen molar-refractivity contribution in [1.29, 1.82) is 0 Å². The van der Waals surface area contributed by atoms with E-state index in [-0.39, 0.29) is 10.7 Å². The maximum absolute atomic E-state index is 12.4. The fraction of sp³-hybridized carbons (Fsp3) is 0.167. The average molecular weight is 309 g/mol. The van der Waals surface area contributed by atoms with Crippen LogP contribution in [0.3, 0.4) is 0 Å². The molecule has 112 valence electrons. The van der Waals surface area contributed by atoms with Crippen LogP contribution in [-0.2, 0) is 10.0 Å². The zero-order valence-electron chi connectivity index (χ0n) is 11.5. The summed E-state index contributed by atoms with van der Waals surface area (Å²) in [6.45, 7) is 3.23. The monoisotopic (exact) mass is 309 g/mol. The predicted octanol–water partition coefficient (Wildman–Crippen LogP) is 0.922. The van der Waals surface area contributed by atoms with Gasteiger partial charge in [0.05, 0.1) is 11.4 Å². The van der Waals surface area contributed by atoms with Crippen molar-refractivity contribution in [3.63, 3.8) is 0 Å². The van der Waals surface area contributed by atoms with Crippen molar-refractivity contribution in [2.45, 2.75) is 18.7 Å². The molecule has 0 saturated carbocycles. The molecule has 0 saturated heterocycles. The van der Waals surface area contributed by atoms with E-state index in [1.54, 1.807) is 32.0 Å². The van der Waals surface area contributed by atoms with E-state index < -0.39 is 10.0 Å². The number of nitrogens with zero attached hydrogens (tertiary/aromatic N) is 2. The van der Waals surface area contributed by atoms with Crippen LogP contribution in [0.4, 0.5) is 5.69 Å². The number of nitrogens with two attached hydrogens (primary N) is 1. The van der Waals surface area contributed by atoms with Gasteiger partial charge in [0.25, 0.3) is 10.0 Å². The summed E-state index contributed by atoms with van der Waals surface area (Å²) in [6, 6.07) is 6.23. The van der Waals surface area contributed by atoms with Crippen molar-refractivity contribution in [3.8, 4) is 0 Å². The van der Waals surface area contributed by atoms with E-state index in [1.165, 1.54) is 6.07 Å². The van der Waals surface area contributed by atoms with Crippen molar-refractivity contribution in [1.82, 2.24) is 10.2 Å². The number of hydrogen-bond acceptors (Lipinski definition) is 5. The highest BCUT2D eigenvalue weighted by Crippen LogP contribution is 2.21. The summed E-state index contributed by atoms with van der Waals surface area (Å²) in [4.78, 5) is 0.108. The predicted molar refractivity (Wildman–Crippen MR) is 77.8 cm³/mol. The summed E-state index contributed by atoms with van der Waals surface area (Å²) >= 11 is 0. The quantitative estimate of drug-likeness (QED) is 0.288. The van der Waals surface area contributed by atoms with Crippen molar-refractivity contribution in [2.75, 3.05) is 4.72 Å². The molecule has 1 aromatic carbocycles. The number of oxime groups is 1. The lowest BCUT2D eigenvalue weighted by atomic mass is 10.2. The van der Waals surface area contributed by atoms with Crippen LogP contribution in [0.1, 0.15) is 17.0 Å². The maximum Gasteiger partial charge on any atom is 0.265 e. The Morgan fingerprint density at radius 2 is 2.14 bits per heavy atom. The van der Waals surface area contributed by atoms with Gasteiger partial charge in [-0.2, -0.15) is 5.10 Å². The minimum Gasteiger partial charge on any atom is -0.409 e. The normalized spacial score (nSPS) is 12.4. The van der Waals surface area contributed by atoms with Gasteiger partial charge in [-0.15, -0.1) is 0 Å². The zero-order valence-corrected chi connectivity index (χ0v) is 12.3. The topological polar surface area (TPSA) is 133 Å². The molecular formula is C12H15N5O3S. The van der Waals surface area contributed by atoms with Crippen LogP contribution in [0.5, 0.6) is 0 Å². The molecule has 1 aromatic heterocycles. The number of H-pyrrole nitrogens is 1. The molecule has 0 aliphatic heterocycles. The van der Waals surface area contributed by atoms with Gasteiger partial charge in [0, 0.05) is 11.3 Å². The first-order valence-electron chi connectivity index (χ1n) is 5.97. The fourth-order valence-electron chi connectivity index (χ4n) is 1.94. The van der Waals surface area contributed by atoms with Gasteiger partial charge >= 0.3 is 0 Å². The standard InChI is InChI=1S/C12H15N5O3S/c1-7-11(8(2)15-14-7)21(19,20)17-10-5-3-4-9(6-10)12(13)16-18/h3-6,17-18H,1-2H3,(H2,13,16)(H,14,15). The molecule has 0 unspecified atom stereocenters. The number of sulfonamides is 1. The van der Waals surface area contributed by atoms with E-state index in [0.29, 0.717) is 22.6 Å². The number of amidine groups is 1. The second kappa shape index (κ2) is 5.44. The highest BCUT2D eigenvalue weighted by atomic mass is 32.2. The van der Waals surface area contributed by atoms with Crippen LogP contribution in [0.25, 0.3) is 0 Å². The number of aryl methyl sites for hydroxylation is 2. The molecule has 8 nitrogen and oxygen atoms in total. The Hall–Kier alpha value is -2.55. The van der Waals surface area contributed by atoms with Crippen LogP contribution in [0, 0.1) is 13.8 Å². The lowest BCUT2D eigenvalue weighted by molar-refractivity contribution is 0.318. The number of anilines is 1. The van der Waals surface area contributed by atoms with Crippen LogP contribution in [0.15, 0.2) is 34.3 Å². The highest BCUT2D eigenvalue weighted by Gasteiger charge is 2.22. The van der Waals surface area contributed by atoms with E-state index in [4.69, 9.17) is 10.9 Å². The molecule has 9 heteroatoms. The number of aromatic amines is 1. The summed E-state index contributed by atoms with van der Waals surface area (Å²) < 4.78 is 27.2. The van der Waals surface area contributed by atoms with E-state index >= 15 is 0 Å². The van der Waals surface area contributed by atoms with E-state index in [0.717, 1.165) is 0 Å². The van der Waals surface area contributed by atoms with Crippen LogP contribution in [0.2, 0.25) is 0 Å². The Morgan fingerprint density at radius 1 is 1.43 bits per heavy atom. The molecule has 2 rings (SSSR count). The van der Waals surface area contributed by atoms with Gasteiger partial charge in [0.15, 0.2) is 5.84 Å². The number of hydrogen-bond donors (Lipinski definition) is 4. The van der Waals surface area contributed by atoms with Crippen molar-refractivity contribution in [2.24, 2.45) is 10.9 Å². The highest BCUT2D eigenvalue weighted by molar-refractivity contribution is 7.92. The molecule has 0 spiro atoms. The average Bonchev–Trinajstić information content (AvgIpc) is 2.77. The van der Waals surface area contributed by atoms with Gasteiger partial charge in [0.1, 0.15) is 4.90 Å². The molecule has 1 heterocycles. The molecule has 0 bridgehead atoms. The molecular weight excluding hydrogens is 294 g/mol. The fourth-order valence-corrected chi connectivity index (χ4v) is 3.37. The molecule has 0 radical (unpaired) electrons. The summed E-state index contributed by atoms with van der Waals surface area (Å²) in [5.41, 5.74) is 7.02. The van der Waals surface area contributed by atoms with Crippen LogP contribution >= 0.6 is 0 Å². The molecule has 2 aromatic rings. The molecule has 0 atom stereocenters. The third kappa shape index (κ3) is 2.97. The lowest BCUT2D eigenvalue weighted by Gasteiger charge is -2.09. The number of rotatable bonds is 4. The van der Waals surface area contributed by atoms with Gasteiger partial charge in [-0.05, 0) is 26.0 Å². The van der Waals surface area contributed by atoms with Crippen molar-refractivity contribution < 1.29 is 13.6 Å². The third-order valence-corrected chi connectivity index (χ3v) is 4.49. The van der Waals surface area contributed by atoms with E-state index in [2.05, 4.69) is 20.1 Å². The van der Waals surface area contributed by atoms with E-state index in [9.17, 15) is 8.42 Å². The Bertz CT molecular complexity index is 775. The summed E-state index contributed by atoms with van der Waals surface area (Å²) in [5.74, 6) is -0.105. The van der Waals surface area contributed by atoms with Gasteiger partial charge in [-0.3, -0.25) is 9.82 Å². The van der Waals surface area contributed by atoms with E-state index in [1.807, 2.05) is 0 Å². The largest absolute Gasteiger partial charge is 0.409 e. The SMILES string of the molecule is Cc1n[nH]c(C)c1S(=O)(=O)Nc1cccc(/C(N)=N/O)c1.